The molecule has 1 fully saturated rings. The molecule has 0 saturated carbocycles. The van der Waals surface area contributed by atoms with Gasteiger partial charge in [0.1, 0.15) is 21.8 Å². The monoisotopic (exact) mass is 400 g/mol. The van der Waals surface area contributed by atoms with E-state index in [0.717, 1.165) is 53.2 Å². The quantitative estimate of drug-likeness (QED) is 0.790. The van der Waals surface area contributed by atoms with Crippen molar-refractivity contribution >= 4 is 22.2 Å². The van der Waals surface area contributed by atoms with Gasteiger partial charge in [-0.05, 0) is 33.0 Å². The van der Waals surface area contributed by atoms with Crippen molar-refractivity contribution in [2.45, 2.75) is 32.4 Å². The van der Waals surface area contributed by atoms with Crippen molar-refractivity contribution in [3.05, 3.63) is 30.0 Å². The first-order chi connectivity index (χ1) is 13.5. The molecular weight excluding hydrogens is 372 g/mol. The molecular formula is C21H28N4O2S. The minimum absolute atomic E-state index is 0.128. The smallest absolute Gasteiger partial charge is 0.245 e. The maximum atomic E-state index is 13.3. The second-order valence-corrected chi connectivity index (χ2v) is 8.83. The van der Waals surface area contributed by atoms with Crippen molar-refractivity contribution in [1.29, 1.82) is 0 Å². The highest BCUT2D eigenvalue weighted by atomic mass is 32.1. The first-order valence-corrected chi connectivity index (χ1v) is 10.7. The van der Waals surface area contributed by atoms with Crippen LogP contribution in [-0.4, -0.2) is 73.1 Å². The summed E-state index contributed by atoms with van der Waals surface area (Å²) in [6, 6.07) is 8.12. The van der Waals surface area contributed by atoms with Crippen molar-refractivity contribution in [2.24, 2.45) is 0 Å². The van der Waals surface area contributed by atoms with E-state index >= 15 is 0 Å². The molecule has 0 radical (unpaired) electrons. The summed E-state index contributed by atoms with van der Waals surface area (Å²) in [7, 11) is 3.79. The number of methoxy groups -OCH3 is 1. The summed E-state index contributed by atoms with van der Waals surface area (Å²) < 4.78 is 5.35. The number of hydrogen-bond acceptors (Lipinski definition) is 6. The van der Waals surface area contributed by atoms with E-state index in [4.69, 9.17) is 9.72 Å². The van der Waals surface area contributed by atoms with Gasteiger partial charge in [-0.2, -0.15) is 0 Å². The van der Waals surface area contributed by atoms with Crippen molar-refractivity contribution in [2.75, 3.05) is 45.2 Å². The minimum atomic E-state index is -0.128. The number of ether oxygens (including phenoxy) is 1. The van der Waals surface area contributed by atoms with Crippen LogP contribution in [0.4, 0.5) is 5.00 Å². The Bertz CT molecular complexity index is 858. The van der Waals surface area contributed by atoms with Crippen LogP contribution in [-0.2, 0) is 11.2 Å². The third-order valence-electron chi connectivity index (χ3n) is 5.61. The molecule has 150 valence electrons. The van der Waals surface area contributed by atoms with E-state index in [9.17, 15) is 4.79 Å². The maximum Gasteiger partial charge on any atom is 0.245 e. The molecule has 6 nitrogen and oxygen atoms in total. The first kappa shape index (κ1) is 19.2. The molecule has 28 heavy (non-hydrogen) atoms. The Kier molecular flexibility index (Phi) is 5.29. The van der Waals surface area contributed by atoms with Gasteiger partial charge in [0.15, 0.2) is 0 Å². The molecule has 4 rings (SSSR count). The molecule has 2 aromatic rings. The highest BCUT2D eigenvalue weighted by molar-refractivity contribution is 7.19. The molecule has 1 aromatic carbocycles. The molecule has 0 aliphatic carbocycles. The zero-order valence-corrected chi connectivity index (χ0v) is 17.8. The van der Waals surface area contributed by atoms with Gasteiger partial charge in [-0.15, -0.1) is 0 Å². The van der Waals surface area contributed by atoms with Crippen LogP contribution < -0.4 is 9.64 Å². The van der Waals surface area contributed by atoms with E-state index in [-0.39, 0.29) is 18.0 Å². The highest BCUT2D eigenvalue weighted by Gasteiger charge is 2.41. The second kappa shape index (κ2) is 7.72. The van der Waals surface area contributed by atoms with E-state index < -0.39 is 0 Å². The average Bonchev–Trinajstić information content (AvgIpc) is 3.25. The number of hydrogen-bond donors (Lipinski definition) is 0. The summed E-state index contributed by atoms with van der Waals surface area (Å²) in [5.74, 6) is 1.08. The first-order valence-electron chi connectivity index (χ1n) is 9.87. The Morgan fingerprint density at radius 2 is 2.00 bits per heavy atom. The normalized spacial score (nSPS) is 20.0. The van der Waals surface area contributed by atoms with Crippen LogP contribution in [0.3, 0.4) is 0 Å². The van der Waals surface area contributed by atoms with Gasteiger partial charge in [-0.25, -0.2) is 4.98 Å². The predicted molar refractivity (Wildman–Crippen MR) is 113 cm³/mol. The number of rotatable bonds is 4. The summed E-state index contributed by atoms with van der Waals surface area (Å²) in [4.78, 5) is 24.7. The summed E-state index contributed by atoms with van der Waals surface area (Å²) in [5.41, 5.74) is 2.10. The predicted octanol–water partition coefficient (Wildman–Crippen LogP) is 2.73. The van der Waals surface area contributed by atoms with Crippen LogP contribution in [0, 0.1) is 0 Å². The Hall–Kier alpha value is -2.12. The van der Waals surface area contributed by atoms with E-state index in [1.165, 1.54) is 0 Å². The Morgan fingerprint density at radius 1 is 1.25 bits per heavy atom. The summed E-state index contributed by atoms with van der Waals surface area (Å²) >= 11 is 1.68. The van der Waals surface area contributed by atoms with Gasteiger partial charge in [-0.3, -0.25) is 4.79 Å². The fourth-order valence-corrected chi connectivity index (χ4v) is 5.29. The van der Waals surface area contributed by atoms with Gasteiger partial charge < -0.3 is 19.4 Å². The van der Waals surface area contributed by atoms with Crippen molar-refractivity contribution in [3.8, 4) is 16.3 Å². The van der Waals surface area contributed by atoms with Crippen LogP contribution in [0.15, 0.2) is 24.3 Å². The van der Waals surface area contributed by atoms with Gasteiger partial charge in [0.25, 0.3) is 0 Å². The average molecular weight is 401 g/mol. The Morgan fingerprint density at radius 3 is 2.68 bits per heavy atom. The highest BCUT2D eigenvalue weighted by Crippen LogP contribution is 2.43. The lowest BCUT2D eigenvalue weighted by Crippen LogP contribution is -2.54. The van der Waals surface area contributed by atoms with Gasteiger partial charge in [0.2, 0.25) is 5.91 Å². The number of thiazole rings is 1. The molecule has 0 N–H and O–H groups in total. The van der Waals surface area contributed by atoms with Crippen LogP contribution in [0.1, 0.15) is 19.5 Å². The molecule has 2 aliphatic heterocycles. The van der Waals surface area contributed by atoms with Gasteiger partial charge in [-0.1, -0.05) is 23.5 Å². The molecule has 2 aliphatic rings. The largest absolute Gasteiger partial charge is 0.497 e. The molecule has 7 heteroatoms. The van der Waals surface area contributed by atoms with Gasteiger partial charge >= 0.3 is 0 Å². The van der Waals surface area contributed by atoms with Crippen molar-refractivity contribution < 1.29 is 9.53 Å². The number of anilines is 1. The number of carbonyl (C=O) groups excluding carboxylic acids is 1. The minimum Gasteiger partial charge on any atom is -0.497 e. The van der Waals surface area contributed by atoms with E-state index in [0.29, 0.717) is 6.42 Å². The second-order valence-electron chi connectivity index (χ2n) is 7.85. The standard InChI is InChI=1S/C21H28N4O2S/c1-14(2)25-18(20(26)24-10-8-23(3)9-11-24)13-17-21(25)28-19(22-17)15-6-5-7-16(12-15)27-4/h5-7,12,14,18H,8-11,13H2,1-4H3. The number of piperazine rings is 1. The van der Waals surface area contributed by atoms with Gasteiger partial charge in [0.05, 0.1) is 12.8 Å². The topological polar surface area (TPSA) is 48.9 Å². The fraction of sp³-hybridized carbons (Fsp3) is 0.524. The third-order valence-corrected chi connectivity index (χ3v) is 6.77. The van der Waals surface area contributed by atoms with Gasteiger partial charge in [0, 0.05) is 44.2 Å². The zero-order chi connectivity index (χ0) is 19.8. The number of benzene rings is 1. The molecule has 0 spiro atoms. The number of amides is 1. The number of aromatic nitrogens is 1. The van der Waals surface area contributed by atoms with E-state index in [2.05, 4.69) is 36.8 Å². The Balaban J connectivity index is 1.58. The van der Waals surface area contributed by atoms with Crippen molar-refractivity contribution in [1.82, 2.24) is 14.8 Å². The SMILES string of the molecule is COc1cccc(-c2nc3c(s2)N(C(C)C)C(C(=O)N2CCN(C)CC2)C3)c1. The lowest BCUT2D eigenvalue weighted by Gasteiger charge is -2.37. The number of fused-ring (bicyclic) bond motifs is 1. The Labute approximate surface area is 170 Å². The van der Waals surface area contributed by atoms with Crippen LogP contribution >= 0.6 is 11.3 Å². The number of nitrogens with zero attached hydrogens (tertiary/aromatic N) is 4. The third kappa shape index (κ3) is 3.49. The molecule has 1 aromatic heterocycles. The molecule has 1 unspecified atom stereocenters. The van der Waals surface area contributed by atoms with E-state index in [1.54, 1.807) is 18.4 Å². The lowest BCUT2D eigenvalue weighted by atomic mass is 10.1. The van der Waals surface area contributed by atoms with Crippen LogP contribution in [0.2, 0.25) is 0 Å². The van der Waals surface area contributed by atoms with Crippen LogP contribution in [0.5, 0.6) is 5.75 Å². The van der Waals surface area contributed by atoms with Crippen LogP contribution in [0.25, 0.3) is 10.6 Å². The lowest BCUT2D eigenvalue weighted by molar-refractivity contribution is -0.134. The summed E-state index contributed by atoms with van der Waals surface area (Å²) in [6.07, 6.45) is 0.694. The maximum absolute atomic E-state index is 13.3. The number of carbonyl (C=O) groups is 1. The van der Waals surface area contributed by atoms with E-state index in [1.807, 2.05) is 23.1 Å². The molecule has 3 heterocycles. The fourth-order valence-electron chi connectivity index (χ4n) is 4.02. The molecule has 1 amide bonds. The summed E-state index contributed by atoms with van der Waals surface area (Å²) in [5, 5.41) is 2.13. The molecule has 0 bridgehead atoms. The zero-order valence-electron chi connectivity index (χ0n) is 17.0. The number of likely N-dealkylation sites (N-methyl/N-ethyl adjacent to an activating group) is 1. The van der Waals surface area contributed by atoms with Crippen molar-refractivity contribution in [3.63, 3.8) is 0 Å². The molecule has 1 atom stereocenters. The molecule has 1 saturated heterocycles. The summed E-state index contributed by atoms with van der Waals surface area (Å²) in [6.45, 7) is 7.83.